The van der Waals surface area contributed by atoms with Crippen molar-refractivity contribution in [3.8, 4) is 0 Å². The quantitative estimate of drug-likeness (QED) is 0.793. The topological polar surface area (TPSA) is 75.6 Å². The molecule has 0 heterocycles. The number of halogens is 1. The van der Waals surface area contributed by atoms with Crippen LogP contribution in [0, 0.1) is 5.82 Å². The number of carboxylic acid groups (broad SMARTS) is 1. The van der Waals surface area contributed by atoms with Crippen molar-refractivity contribution in [1.82, 2.24) is 5.32 Å². The molecule has 0 unspecified atom stereocenters. The average Bonchev–Trinajstić information content (AvgIpc) is 2.35. The van der Waals surface area contributed by atoms with Crippen LogP contribution in [0.15, 0.2) is 24.3 Å². The van der Waals surface area contributed by atoms with Crippen molar-refractivity contribution in [2.75, 3.05) is 6.61 Å². The molecule has 0 bridgehead atoms. The zero-order valence-corrected chi connectivity index (χ0v) is 9.85. The van der Waals surface area contributed by atoms with E-state index < -0.39 is 18.0 Å². The third-order valence-electron chi connectivity index (χ3n) is 2.22. The van der Waals surface area contributed by atoms with Crippen molar-refractivity contribution in [2.45, 2.75) is 19.6 Å². The highest BCUT2D eigenvalue weighted by Gasteiger charge is 2.12. The lowest BCUT2D eigenvalue weighted by Gasteiger charge is -2.09. The van der Waals surface area contributed by atoms with Crippen LogP contribution >= 0.6 is 0 Å². The molecule has 0 aliphatic carbocycles. The van der Waals surface area contributed by atoms with Crippen molar-refractivity contribution in [3.05, 3.63) is 35.6 Å². The first kappa shape index (κ1) is 14.1. The first-order valence-electron chi connectivity index (χ1n) is 5.34. The van der Waals surface area contributed by atoms with Crippen LogP contribution in [0.5, 0.6) is 0 Å². The van der Waals surface area contributed by atoms with Crippen LogP contribution in [0.2, 0.25) is 0 Å². The molecule has 1 aromatic rings. The molecule has 2 N–H and O–H groups in total. The molecule has 5 nitrogen and oxygen atoms in total. The number of benzene rings is 1. The molecule has 0 aromatic heterocycles. The summed E-state index contributed by atoms with van der Waals surface area (Å²) in [5.74, 6) is -1.89. The smallest absolute Gasteiger partial charge is 0.332 e. The Labute approximate surface area is 104 Å². The summed E-state index contributed by atoms with van der Waals surface area (Å²) < 4.78 is 17.4. The van der Waals surface area contributed by atoms with Gasteiger partial charge in [0.25, 0.3) is 0 Å². The fourth-order valence-corrected chi connectivity index (χ4v) is 1.13. The number of rotatable bonds is 6. The number of ether oxygens (including phenoxy) is 1. The number of carbonyl (C=O) groups is 2. The molecule has 6 heteroatoms. The van der Waals surface area contributed by atoms with Gasteiger partial charge in [0.05, 0.1) is 0 Å². The number of carboxylic acids is 1. The second-order valence-corrected chi connectivity index (χ2v) is 3.69. The summed E-state index contributed by atoms with van der Waals surface area (Å²) in [7, 11) is 0. The molecule has 0 aliphatic heterocycles. The molecule has 0 fully saturated rings. The third-order valence-corrected chi connectivity index (χ3v) is 2.22. The molecular formula is C12H14FNO4. The number of aliphatic carboxylic acids is 1. The summed E-state index contributed by atoms with van der Waals surface area (Å²) in [4.78, 5) is 21.7. The molecule has 1 amide bonds. The van der Waals surface area contributed by atoms with Crippen molar-refractivity contribution in [1.29, 1.82) is 0 Å². The number of carbonyl (C=O) groups excluding carboxylic acids is 1. The van der Waals surface area contributed by atoms with Crippen LogP contribution in [0.1, 0.15) is 12.5 Å². The van der Waals surface area contributed by atoms with Crippen LogP contribution in [0.3, 0.4) is 0 Å². The highest BCUT2D eigenvalue weighted by Crippen LogP contribution is 2.02. The first-order chi connectivity index (χ1) is 8.49. The largest absolute Gasteiger partial charge is 0.479 e. The van der Waals surface area contributed by atoms with Gasteiger partial charge in [-0.15, -0.1) is 0 Å². The minimum atomic E-state index is -1.12. The molecule has 0 aliphatic rings. The number of hydrogen-bond acceptors (Lipinski definition) is 3. The second kappa shape index (κ2) is 6.70. The molecular weight excluding hydrogens is 241 g/mol. The Morgan fingerprint density at radius 3 is 2.56 bits per heavy atom. The Morgan fingerprint density at radius 2 is 2.00 bits per heavy atom. The van der Waals surface area contributed by atoms with Gasteiger partial charge < -0.3 is 15.2 Å². The van der Waals surface area contributed by atoms with Gasteiger partial charge in [-0.25, -0.2) is 9.18 Å². The van der Waals surface area contributed by atoms with Crippen LogP contribution in [-0.2, 0) is 20.9 Å². The van der Waals surface area contributed by atoms with E-state index in [4.69, 9.17) is 9.84 Å². The molecule has 0 radical (unpaired) electrons. The molecule has 0 saturated heterocycles. The van der Waals surface area contributed by atoms with Crippen molar-refractivity contribution in [2.24, 2.45) is 0 Å². The fraction of sp³-hybridized carbons (Fsp3) is 0.333. The van der Waals surface area contributed by atoms with Crippen LogP contribution < -0.4 is 5.32 Å². The van der Waals surface area contributed by atoms with Gasteiger partial charge in [0.1, 0.15) is 12.4 Å². The van der Waals surface area contributed by atoms with Gasteiger partial charge in [-0.3, -0.25) is 4.79 Å². The maximum atomic E-state index is 12.6. The van der Waals surface area contributed by atoms with E-state index in [1.807, 2.05) is 0 Å². The van der Waals surface area contributed by atoms with Gasteiger partial charge in [-0.05, 0) is 24.6 Å². The summed E-state index contributed by atoms with van der Waals surface area (Å²) in [6, 6.07) is 5.70. The highest BCUT2D eigenvalue weighted by atomic mass is 19.1. The van der Waals surface area contributed by atoms with Gasteiger partial charge in [0.15, 0.2) is 6.10 Å². The standard InChI is InChI=1S/C12H14FNO4/c1-8(12(16)17)18-7-11(15)14-6-9-2-4-10(13)5-3-9/h2-5,8H,6-7H2,1H3,(H,14,15)(H,16,17)/t8-/m1/s1. The Hall–Kier alpha value is -1.95. The van der Waals surface area contributed by atoms with E-state index >= 15 is 0 Å². The van der Waals surface area contributed by atoms with E-state index in [-0.39, 0.29) is 19.0 Å². The second-order valence-electron chi connectivity index (χ2n) is 3.69. The number of amides is 1. The van der Waals surface area contributed by atoms with E-state index in [1.54, 1.807) is 12.1 Å². The number of nitrogens with one attached hydrogen (secondary N) is 1. The summed E-state index contributed by atoms with van der Waals surface area (Å²) in [6.07, 6.45) is -1.03. The van der Waals surface area contributed by atoms with Crippen molar-refractivity contribution in [3.63, 3.8) is 0 Å². The Bertz CT molecular complexity index is 419. The lowest BCUT2D eigenvalue weighted by molar-refractivity contribution is -0.150. The van der Waals surface area contributed by atoms with Crippen LogP contribution in [0.4, 0.5) is 4.39 Å². The van der Waals surface area contributed by atoms with Crippen LogP contribution in [0.25, 0.3) is 0 Å². The van der Waals surface area contributed by atoms with Crippen molar-refractivity contribution < 1.29 is 23.8 Å². The van der Waals surface area contributed by atoms with Gasteiger partial charge >= 0.3 is 5.97 Å². The van der Waals surface area contributed by atoms with E-state index in [0.717, 1.165) is 5.56 Å². The van der Waals surface area contributed by atoms with Crippen LogP contribution in [-0.4, -0.2) is 29.7 Å². The summed E-state index contributed by atoms with van der Waals surface area (Å²) in [5, 5.41) is 11.1. The molecule has 1 rings (SSSR count). The maximum absolute atomic E-state index is 12.6. The molecule has 1 atom stereocenters. The summed E-state index contributed by atoms with van der Waals surface area (Å²) in [5.41, 5.74) is 0.746. The predicted octanol–water partition coefficient (Wildman–Crippen LogP) is 0.932. The van der Waals surface area contributed by atoms with E-state index in [0.29, 0.717) is 0 Å². The number of hydrogen-bond donors (Lipinski definition) is 2. The molecule has 0 saturated carbocycles. The van der Waals surface area contributed by atoms with E-state index in [1.165, 1.54) is 19.1 Å². The Kier molecular flexibility index (Phi) is 5.26. The van der Waals surface area contributed by atoms with E-state index in [2.05, 4.69) is 5.32 Å². The molecule has 98 valence electrons. The normalized spacial score (nSPS) is 11.9. The molecule has 1 aromatic carbocycles. The Morgan fingerprint density at radius 1 is 1.39 bits per heavy atom. The molecule has 18 heavy (non-hydrogen) atoms. The van der Waals surface area contributed by atoms with E-state index in [9.17, 15) is 14.0 Å². The Balaban J connectivity index is 2.29. The van der Waals surface area contributed by atoms with Crippen molar-refractivity contribution >= 4 is 11.9 Å². The zero-order valence-electron chi connectivity index (χ0n) is 9.85. The first-order valence-corrected chi connectivity index (χ1v) is 5.34. The predicted molar refractivity (Wildman–Crippen MR) is 61.3 cm³/mol. The monoisotopic (exact) mass is 255 g/mol. The zero-order chi connectivity index (χ0) is 13.5. The summed E-state index contributed by atoms with van der Waals surface area (Å²) in [6.45, 7) is 1.26. The maximum Gasteiger partial charge on any atom is 0.332 e. The lowest BCUT2D eigenvalue weighted by Crippen LogP contribution is -2.31. The average molecular weight is 255 g/mol. The lowest BCUT2D eigenvalue weighted by atomic mass is 10.2. The van der Waals surface area contributed by atoms with Gasteiger partial charge in [0.2, 0.25) is 5.91 Å². The van der Waals surface area contributed by atoms with Gasteiger partial charge in [-0.2, -0.15) is 0 Å². The minimum Gasteiger partial charge on any atom is -0.479 e. The minimum absolute atomic E-state index is 0.240. The summed E-state index contributed by atoms with van der Waals surface area (Å²) >= 11 is 0. The van der Waals surface area contributed by atoms with Gasteiger partial charge in [0, 0.05) is 6.54 Å². The SMILES string of the molecule is C[C@@H](OCC(=O)NCc1ccc(F)cc1)C(=O)O. The molecule has 0 spiro atoms. The fourth-order valence-electron chi connectivity index (χ4n) is 1.13. The third kappa shape index (κ3) is 4.92. The van der Waals surface area contributed by atoms with Gasteiger partial charge in [-0.1, -0.05) is 12.1 Å². The highest BCUT2D eigenvalue weighted by molar-refractivity contribution is 5.78.